The van der Waals surface area contributed by atoms with E-state index in [1.54, 1.807) is 19.2 Å². The molecule has 0 bridgehead atoms. The van der Waals surface area contributed by atoms with Crippen molar-refractivity contribution >= 4 is 17.6 Å². The maximum absolute atomic E-state index is 12.8. The van der Waals surface area contributed by atoms with Gasteiger partial charge in [-0.05, 0) is 81.0 Å². The number of piperidine rings is 1. The highest BCUT2D eigenvalue weighted by atomic mass is 17.2. The first-order valence-corrected chi connectivity index (χ1v) is 13.0. The lowest BCUT2D eigenvalue weighted by molar-refractivity contribution is -0.194. The molecule has 3 amide bonds. The van der Waals surface area contributed by atoms with Crippen LogP contribution >= 0.6 is 0 Å². The van der Waals surface area contributed by atoms with Crippen LogP contribution in [0.5, 0.6) is 5.75 Å². The fourth-order valence-electron chi connectivity index (χ4n) is 5.11. The first-order valence-electron chi connectivity index (χ1n) is 13.0. The summed E-state index contributed by atoms with van der Waals surface area (Å²) < 4.78 is 0. The molecule has 8 nitrogen and oxygen atoms in total. The van der Waals surface area contributed by atoms with E-state index < -0.39 is 0 Å². The van der Waals surface area contributed by atoms with Crippen molar-refractivity contribution in [3.8, 4) is 5.75 Å². The molecule has 2 aromatic rings. The fourth-order valence-corrected chi connectivity index (χ4v) is 5.11. The van der Waals surface area contributed by atoms with Gasteiger partial charge in [-0.25, -0.2) is 4.79 Å². The number of benzene rings is 2. The third-order valence-electron chi connectivity index (χ3n) is 7.14. The van der Waals surface area contributed by atoms with E-state index in [-0.39, 0.29) is 11.9 Å². The molecule has 8 heteroatoms. The van der Waals surface area contributed by atoms with Gasteiger partial charge < -0.3 is 25.3 Å². The predicted molar refractivity (Wildman–Crippen MR) is 140 cm³/mol. The molecule has 194 valence electrons. The minimum Gasteiger partial charge on any atom is -0.341 e. The topological polar surface area (TPSA) is 83.1 Å². The van der Waals surface area contributed by atoms with Crippen molar-refractivity contribution in [2.24, 2.45) is 5.92 Å². The van der Waals surface area contributed by atoms with Crippen LogP contribution in [0.25, 0.3) is 0 Å². The van der Waals surface area contributed by atoms with Gasteiger partial charge in [0.05, 0.1) is 0 Å². The SMILES string of the molecule is CCCN(CC1CCN(C(=O)NC)CC1)C(C)Cc1cccc(NC(=O)c2ccc3c(c2)COO3)c1. The first kappa shape index (κ1) is 26.0. The molecule has 1 fully saturated rings. The summed E-state index contributed by atoms with van der Waals surface area (Å²) in [5, 5.41) is 5.76. The van der Waals surface area contributed by atoms with Crippen LogP contribution in [0.2, 0.25) is 0 Å². The third kappa shape index (κ3) is 6.56. The number of amides is 3. The standard InChI is InChI=1S/C28H38N4O4/c1-4-12-32(18-21-10-13-31(14-11-21)28(34)29-3)20(2)15-22-6-5-7-25(16-22)30-27(33)23-8-9-26-24(17-23)19-35-36-26/h5-9,16-17,20-21H,4,10-15,18-19H2,1-3H3,(H,29,34)(H,30,33). The Hall–Kier alpha value is -3.10. The highest BCUT2D eigenvalue weighted by Gasteiger charge is 2.25. The number of hydrogen-bond acceptors (Lipinski definition) is 5. The number of rotatable bonds is 9. The quantitative estimate of drug-likeness (QED) is 0.503. The van der Waals surface area contributed by atoms with Crippen LogP contribution in [0.3, 0.4) is 0 Å². The van der Waals surface area contributed by atoms with Crippen molar-refractivity contribution in [2.75, 3.05) is 38.5 Å². The van der Waals surface area contributed by atoms with Gasteiger partial charge in [0.1, 0.15) is 6.61 Å². The summed E-state index contributed by atoms with van der Waals surface area (Å²) in [6.45, 7) is 8.62. The van der Waals surface area contributed by atoms with Crippen LogP contribution in [-0.2, 0) is 17.9 Å². The number of nitrogens with one attached hydrogen (secondary N) is 2. The molecule has 1 unspecified atom stereocenters. The second-order valence-corrected chi connectivity index (χ2v) is 9.86. The molecule has 0 aliphatic carbocycles. The minimum atomic E-state index is -0.148. The van der Waals surface area contributed by atoms with Gasteiger partial charge in [0, 0.05) is 49.5 Å². The van der Waals surface area contributed by atoms with Crippen LogP contribution in [0.4, 0.5) is 10.5 Å². The van der Waals surface area contributed by atoms with Crippen molar-refractivity contribution in [3.63, 3.8) is 0 Å². The largest absolute Gasteiger partial charge is 0.341 e. The van der Waals surface area contributed by atoms with E-state index in [1.807, 2.05) is 23.1 Å². The zero-order valence-corrected chi connectivity index (χ0v) is 21.6. The van der Waals surface area contributed by atoms with Gasteiger partial charge in [0.2, 0.25) is 0 Å². The number of anilines is 1. The molecule has 1 atom stereocenters. The molecule has 36 heavy (non-hydrogen) atoms. The molecule has 4 rings (SSSR count). The van der Waals surface area contributed by atoms with Crippen molar-refractivity contribution in [1.82, 2.24) is 15.1 Å². The molecular weight excluding hydrogens is 456 g/mol. The van der Waals surface area contributed by atoms with Crippen molar-refractivity contribution in [2.45, 2.75) is 52.2 Å². The lowest BCUT2D eigenvalue weighted by atomic mass is 9.95. The fraction of sp³-hybridized carbons (Fsp3) is 0.500. The molecule has 0 saturated carbocycles. The van der Waals surface area contributed by atoms with Gasteiger partial charge in [0.15, 0.2) is 5.75 Å². The molecule has 2 N–H and O–H groups in total. The Bertz CT molecular complexity index is 1050. The summed E-state index contributed by atoms with van der Waals surface area (Å²) in [6.07, 6.45) is 4.11. The average Bonchev–Trinajstić information content (AvgIpc) is 3.36. The average molecular weight is 495 g/mol. The number of likely N-dealkylation sites (tertiary alicyclic amines) is 1. The maximum atomic E-state index is 12.8. The molecular formula is C28H38N4O4. The minimum absolute atomic E-state index is 0.0263. The zero-order valence-electron chi connectivity index (χ0n) is 21.6. The lowest BCUT2D eigenvalue weighted by Crippen LogP contribution is -2.46. The summed E-state index contributed by atoms with van der Waals surface area (Å²) in [4.78, 5) is 39.2. The highest BCUT2D eigenvalue weighted by molar-refractivity contribution is 6.04. The summed E-state index contributed by atoms with van der Waals surface area (Å²) >= 11 is 0. The Morgan fingerprint density at radius 1 is 1.17 bits per heavy atom. The van der Waals surface area contributed by atoms with E-state index >= 15 is 0 Å². The van der Waals surface area contributed by atoms with Crippen molar-refractivity contribution in [3.05, 3.63) is 59.2 Å². The molecule has 0 spiro atoms. The van der Waals surface area contributed by atoms with E-state index in [9.17, 15) is 9.59 Å². The second-order valence-electron chi connectivity index (χ2n) is 9.86. The summed E-state index contributed by atoms with van der Waals surface area (Å²) in [6, 6.07) is 13.9. The smallest absolute Gasteiger partial charge is 0.317 e. The molecule has 2 aliphatic rings. The molecule has 1 saturated heterocycles. The zero-order chi connectivity index (χ0) is 25.5. The van der Waals surface area contributed by atoms with Gasteiger partial charge in [-0.3, -0.25) is 4.79 Å². The molecule has 0 aromatic heterocycles. The monoisotopic (exact) mass is 494 g/mol. The second kappa shape index (κ2) is 12.2. The number of nitrogens with zero attached hydrogens (tertiary/aromatic N) is 2. The number of carbonyl (C=O) groups excluding carboxylic acids is 2. The van der Waals surface area contributed by atoms with Crippen LogP contribution in [0.1, 0.15) is 54.6 Å². The molecule has 2 aliphatic heterocycles. The van der Waals surface area contributed by atoms with E-state index in [0.717, 1.165) is 63.1 Å². The number of hydrogen-bond donors (Lipinski definition) is 2. The normalized spacial score (nSPS) is 16.4. The van der Waals surface area contributed by atoms with E-state index in [0.29, 0.717) is 29.9 Å². The Morgan fingerprint density at radius 3 is 2.72 bits per heavy atom. The third-order valence-corrected chi connectivity index (χ3v) is 7.14. The molecule has 2 aromatic carbocycles. The first-order chi connectivity index (χ1) is 17.5. The summed E-state index contributed by atoms with van der Waals surface area (Å²) in [7, 11) is 1.69. The van der Waals surface area contributed by atoms with Crippen molar-refractivity contribution in [1.29, 1.82) is 0 Å². The summed E-state index contributed by atoms with van der Waals surface area (Å²) in [5.74, 6) is 1.12. The molecule has 2 heterocycles. The van der Waals surface area contributed by atoms with Gasteiger partial charge >= 0.3 is 6.03 Å². The van der Waals surface area contributed by atoms with Gasteiger partial charge in [-0.1, -0.05) is 19.1 Å². The van der Waals surface area contributed by atoms with E-state index in [4.69, 9.17) is 9.78 Å². The highest BCUT2D eigenvalue weighted by Crippen LogP contribution is 2.27. The van der Waals surface area contributed by atoms with Gasteiger partial charge in [-0.2, -0.15) is 4.89 Å². The van der Waals surface area contributed by atoms with Crippen LogP contribution < -0.4 is 15.5 Å². The van der Waals surface area contributed by atoms with Crippen LogP contribution in [0, 0.1) is 5.92 Å². The van der Waals surface area contributed by atoms with E-state index in [2.05, 4.69) is 41.5 Å². The Labute approximate surface area is 213 Å². The van der Waals surface area contributed by atoms with Gasteiger partial charge in [-0.15, -0.1) is 0 Å². The number of fused-ring (bicyclic) bond motifs is 1. The molecule has 0 radical (unpaired) electrons. The predicted octanol–water partition coefficient (Wildman–Crippen LogP) is 4.46. The van der Waals surface area contributed by atoms with Crippen LogP contribution in [-0.4, -0.2) is 61.0 Å². The summed E-state index contributed by atoms with van der Waals surface area (Å²) in [5.41, 5.74) is 3.45. The van der Waals surface area contributed by atoms with Gasteiger partial charge in [0.25, 0.3) is 5.91 Å². The van der Waals surface area contributed by atoms with Crippen LogP contribution in [0.15, 0.2) is 42.5 Å². The lowest BCUT2D eigenvalue weighted by Gasteiger charge is -2.37. The Kier molecular flexibility index (Phi) is 8.83. The Balaban J connectivity index is 1.33. The number of urea groups is 1. The van der Waals surface area contributed by atoms with E-state index in [1.165, 1.54) is 5.56 Å². The number of carbonyl (C=O) groups is 2. The Morgan fingerprint density at radius 2 is 1.97 bits per heavy atom. The van der Waals surface area contributed by atoms with Crippen molar-refractivity contribution < 1.29 is 19.4 Å². The maximum Gasteiger partial charge on any atom is 0.317 e.